The fourth-order valence-corrected chi connectivity index (χ4v) is 1.31. The molecule has 0 amide bonds. The summed E-state index contributed by atoms with van der Waals surface area (Å²) < 4.78 is 0. The van der Waals surface area contributed by atoms with E-state index in [0.717, 1.165) is 12.2 Å². The molecule has 0 aromatic carbocycles. The van der Waals surface area contributed by atoms with E-state index in [-0.39, 0.29) is 5.54 Å². The maximum Gasteiger partial charge on any atom is 0.127 e. The SMILES string of the molecule is CN(C)c1ccc(CC(C)(C)N)cn1. The van der Waals surface area contributed by atoms with Crippen LogP contribution in [0.2, 0.25) is 0 Å². The molecule has 14 heavy (non-hydrogen) atoms. The summed E-state index contributed by atoms with van der Waals surface area (Å²) in [5.41, 5.74) is 6.95. The third-order valence-corrected chi connectivity index (χ3v) is 1.93. The van der Waals surface area contributed by atoms with E-state index in [1.54, 1.807) is 0 Å². The van der Waals surface area contributed by atoms with Gasteiger partial charge in [-0.2, -0.15) is 0 Å². The molecule has 0 aliphatic rings. The van der Waals surface area contributed by atoms with E-state index in [9.17, 15) is 0 Å². The van der Waals surface area contributed by atoms with E-state index in [1.807, 2.05) is 45.1 Å². The molecule has 1 aromatic heterocycles. The van der Waals surface area contributed by atoms with Gasteiger partial charge in [-0.25, -0.2) is 4.98 Å². The molecule has 0 aliphatic heterocycles. The molecule has 1 rings (SSSR count). The van der Waals surface area contributed by atoms with Crippen LogP contribution in [0.5, 0.6) is 0 Å². The quantitative estimate of drug-likeness (QED) is 0.789. The Balaban J connectivity index is 2.74. The minimum atomic E-state index is -0.165. The van der Waals surface area contributed by atoms with Crippen molar-refractivity contribution in [1.29, 1.82) is 0 Å². The average Bonchev–Trinajstić information content (AvgIpc) is 2.02. The highest BCUT2D eigenvalue weighted by atomic mass is 15.1. The van der Waals surface area contributed by atoms with E-state index in [2.05, 4.69) is 11.1 Å². The number of nitrogens with two attached hydrogens (primary N) is 1. The number of hydrogen-bond donors (Lipinski definition) is 1. The number of anilines is 1. The molecule has 0 aliphatic carbocycles. The lowest BCUT2D eigenvalue weighted by Gasteiger charge is -2.18. The fourth-order valence-electron chi connectivity index (χ4n) is 1.31. The lowest BCUT2D eigenvalue weighted by molar-refractivity contribution is 0.516. The maximum atomic E-state index is 5.93. The van der Waals surface area contributed by atoms with E-state index in [4.69, 9.17) is 5.73 Å². The standard InChI is InChI=1S/C11H19N3/c1-11(2,12)7-9-5-6-10(13-8-9)14(3)4/h5-6,8H,7,12H2,1-4H3. The lowest BCUT2D eigenvalue weighted by atomic mass is 9.97. The van der Waals surface area contributed by atoms with Gasteiger partial charge in [0, 0.05) is 25.8 Å². The van der Waals surface area contributed by atoms with Crippen LogP contribution in [0.4, 0.5) is 5.82 Å². The van der Waals surface area contributed by atoms with Crippen molar-refractivity contribution < 1.29 is 0 Å². The van der Waals surface area contributed by atoms with Gasteiger partial charge in [-0.15, -0.1) is 0 Å². The van der Waals surface area contributed by atoms with E-state index < -0.39 is 0 Å². The third-order valence-electron chi connectivity index (χ3n) is 1.93. The van der Waals surface area contributed by atoms with Gasteiger partial charge in [0.1, 0.15) is 5.82 Å². The summed E-state index contributed by atoms with van der Waals surface area (Å²) >= 11 is 0. The van der Waals surface area contributed by atoms with Gasteiger partial charge in [-0.1, -0.05) is 6.07 Å². The summed E-state index contributed by atoms with van der Waals surface area (Å²) in [4.78, 5) is 6.32. The predicted molar refractivity (Wildman–Crippen MR) is 60.5 cm³/mol. The third kappa shape index (κ3) is 3.34. The first-order chi connectivity index (χ1) is 6.38. The van der Waals surface area contributed by atoms with Crippen molar-refractivity contribution in [1.82, 2.24) is 4.98 Å². The summed E-state index contributed by atoms with van der Waals surface area (Å²) in [6.07, 6.45) is 2.75. The molecule has 78 valence electrons. The summed E-state index contributed by atoms with van der Waals surface area (Å²) in [6.45, 7) is 4.04. The van der Waals surface area contributed by atoms with Crippen LogP contribution in [0.1, 0.15) is 19.4 Å². The van der Waals surface area contributed by atoms with Gasteiger partial charge in [0.25, 0.3) is 0 Å². The Kier molecular flexibility index (Phi) is 3.11. The molecule has 0 unspecified atom stereocenters. The summed E-state index contributed by atoms with van der Waals surface area (Å²) in [7, 11) is 3.96. The second-order valence-corrected chi connectivity index (χ2v) is 4.58. The molecule has 0 radical (unpaired) electrons. The Morgan fingerprint density at radius 3 is 2.36 bits per heavy atom. The minimum absolute atomic E-state index is 0.165. The highest BCUT2D eigenvalue weighted by Gasteiger charge is 2.11. The lowest BCUT2D eigenvalue weighted by Crippen LogP contribution is -2.34. The second kappa shape index (κ2) is 3.96. The van der Waals surface area contributed by atoms with E-state index in [0.29, 0.717) is 0 Å². The zero-order valence-corrected chi connectivity index (χ0v) is 9.41. The molecule has 2 N–H and O–H groups in total. The fraction of sp³-hybridized carbons (Fsp3) is 0.545. The molecular weight excluding hydrogens is 174 g/mol. The maximum absolute atomic E-state index is 5.93. The van der Waals surface area contributed by atoms with E-state index >= 15 is 0 Å². The van der Waals surface area contributed by atoms with Crippen LogP contribution in [-0.2, 0) is 6.42 Å². The number of rotatable bonds is 3. The molecule has 0 atom stereocenters. The number of hydrogen-bond acceptors (Lipinski definition) is 3. The molecule has 0 saturated carbocycles. The topological polar surface area (TPSA) is 42.1 Å². The highest BCUT2D eigenvalue weighted by molar-refractivity contribution is 5.37. The zero-order chi connectivity index (χ0) is 10.8. The number of pyridine rings is 1. The molecular formula is C11H19N3. The van der Waals surface area contributed by atoms with Crippen LogP contribution in [-0.4, -0.2) is 24.6 Å². The van der Waals surface area contributed by atoms with Crippen molar-refractivity contribution in [2.45, 2.75) is 25.8 Å². The Labute approximate surface area is 85.9 Å². The molecule has 0 bridgehead atoms. The minimum Gasteiger partial charge on any atom is -0.363 e. The van der Waals surface area contributed by atoms with Gasteiger partial charge >= 0.3 is 0 Å². The van der Waals surface area contributed by atoms with Crippen LogP contribution in [0, 0.1) is 0 Å². The van der Waals surface area contributed by atoms with Crippen LogP contribution < -0.4 is 10.6 Å². The largest absolute Gasteiger partial charge is 0.363 e. The van der Waals surface area contributed by atoms with Crippen molar-refractivity contribution in [2.24, 2.45) is 5.73 Å². The zero-order valence-electron chi connectivity index (χ0n) is 9.41. The van der Waals surface area contributed by atoms with Gasteiger partial charge in [-0.3, -0.25) is 0 Å². The first-order valence-electron chi connectivity index (χ1n) is 4.79. The first kappa shape index (κ1) is 11.0. The Morgan fingerprint density at radius 2 is 2.00 bits per heavy atom. The summed E-state index contributed by atoms with van der Waals surface area (Å²) in [5, 5.41) is 0. The summed E-state index contributed by atoms with van der Waals surface area (Å²) in [5.74, 6) is 0.976. The average molecular weight is 193 g/mol. The molecule has 0 spiro atoms. The Hall–Kier alpha value is -1.09. The van der Waals surface area contributed by atoms with Crippen LogP contribution >= 0.6 is 0 Å². The van der Waals surface area contributed by atoms with Crippen molar-refractivity contribution in [2.75, 3.05) is 19.0 Å². The molecule has 3 heteroatoms. The van der Waals surface area contributed by atoms with Crippen molar-refractivity contribution >= 4 is 5.82 Å². The van der Waals surface area contributed by atoms with Crippen LogP contribution in [0.3, 0.4) is 0 Å². The van der Waals surface area contributed by atoms with Crippen molar-refractivity contribution in [3.8, 4) is 0 Å². The van der Waals surface area contributed by atoms with Gasteiger partial charge < -0.3 is 10.6 Å². The Bertz CT molecular complexity index is 282. The van der Waals surface area contributed by atoms with E-state index in [1.165, 1.54) is 5.56 Å². The smallest absolute Gasteiger partial charge is 0.127 e. The predicted octanol–water partition coefficient (Wildman–Crippen LogP) is 1.43. The normalized spacial score (nSPS) is 11.5. The molecule has 0 saturated heterocycles. The molecule has 1 heterocycles. The summed E-state index contributed by atoms with van der Waals surface area (Å²) in [6, 6.07) is 4.10. The van der Waals surface area contributed by atoms with Gasteiger partial charge in [0.05, 0.1) is 0 Å². The Morgan fingerprint density at radius 1 is 1.36 bits per heavy atom. The monoisotopic (exact) mass is 193 g/mol. The first-order valence-corrected chi connectivity index (χ1v) is 4.79. The van der Waals surface area contributed by atoms with Crippen LogP contribution in [0.25, 0.3) is 0 Å². The van der Waals surface area contributed by atoms with Gasteiger partial charge in [-0.05, 0) is 31.9 Å². The highest BCUT2D eigenvalue weighted by Crippen LogP contribution is 2.12. The number of aromatic nitrogens is 1. The van der Waals surface area contributed by atoms with Crippen LogP contribution in [0.15, 0.2) is 18.3 Å². The number of nitrogens with zero attached hydrogens (tertiary/aromatic N) is 2. The van der Waals surface area contributed by atoms with Gasteiger partial charge in [0.2, 0.25) is 0 Å². The molecule has 1 aromatic rings. The molecule has 3 nitrogen and oxygen atoms in total. The van der Waals surface area contributed by atoms with Crippen molar-refractivity contribution in [3.05, 3.63) is 23.9 Å². The van der Waals surface area contributed by atoms with Gasteiger partial charge in [0.15, 0.2) is 0 Å². The van der Waals surface area contributed by atoms with Crippen molar-refractivity contribution in [3.63, 3.8) is 0 Å². The second-order valence-electron chi connectivity index (χ2n) is 4.58. The molecule has 0 fully saturated rings.